The molecule has 0 bridgehead atoms. The third kappa shape index (κ3) is 3.30. The van der Waals surface area contributed by atoms with Crippen LogP contribution in [0.3, 0.4) is 0 Å². The molecular formula is C15H24ClN3O2. The number of rotatable bonds is 5. The standard InChI is InChI=1S/C15H24ClN3O2/c1-9-10(2)21-11(3)13(9)15(20)14-12(16)8-17-19(14)7-6-18(4)5/h8-11,13H,6-7H2,1-5H3. The minimum Gasteiger partial charge on any atom is -0.374 e. The zero-order chi connectivity index (χ0) is 15.7. The number of carbonyl (C=O) groups excluding carboxylic acids is 1. The quantitative estimate of drug-likeness (QED) is 0.783. The topological polar surface area (TPSA) is 47.4 Å². The summed E-state index contributed by atoms with van der Waals surface area (Å²) in [7, 11) is 3.98. The van der Waals surface area contributed by atoms with Crippen LogP contribution in [-0.4, -0.2) is 53.3 Å². The number of hydrogen-bond donors (Lipinski definition) is 0. The molecule has 5 nitrogen and oxygen atoms in total. The van der Waals surface area contributed by atoms with Crippen molar-refractivity contribution in [2.45, 2.75) is 39.5 Å². The molecule has 1 aromatic heterocycles. The van der Waals surface area contributed by atoms with E-state index in [1.165, 1.54) is 0 Å². The maximum absolute atomic E-state index is 12.9. The van der Waals surface area contributed by atoms with Gasteiger partial charge in [0.05, 0.1) is 35.9 Å². The Morgan fingerprint density at radius 3 is 2.57 bits per heavy atom. The molecule has 2 heterocycles. The first kappa shape index (κ1) is 16.5. The van der Waals surface area contributed by atoms with E-state index in [4.69, 9.17) is 16.3 Å². The summed E-state index contributed by atoms with van der Waals surface area (Å²) in [5.74, 6) is 0.0636. The molecule has 0 amide bonds. The predicted octanol–water partition coefficient (Wildman–Crippen LogP) is 2.34. The van der Waals surface area contributed by atoms with Crippen molar-refractivity contribution in [3.05, 3.63) is 16.9 Å². The fourth-order valence-electron chi connectivity index (χ4n) is 2.95. The van der Waals surface area contributed by atoms with Crippen LogP contribution < -0.4 is 0 Å². The summed E-state index contributed by atoms with van der Waals surface area (Å²) in [4.78, 5) is 15.0. The Morgan fingerprint density at radius 1 is 1.38 bits per heavy atom. The summed E-state index contributed by atoms with van der Waals surface area (Å²) in [5.41, 5.74) is 0.514. The molecule has 0 N–H and O–H groups in total. The van der Waals surface area contributed by atoms with Gasteiger partial charge in [-0.2, -0.15) is 5.10 Å². The number of Topliss-reactive ketones (excluding diaryl/α,β-unsaturated/α-hetero) is 1. The van der Waals surface area contributed by atoms with Gasteiger partial charge in [0.2, 0.25) is 0 Å². The third-order valence-electron chi connectivity index (χ3n) is 4.33. The van der Waals surface area contributed by atoms with Gasteiger partial charge in [-0.3, -0.25) is 9.48 Å². The summed E-state index contributed by atoms with van der Waals surface area (Å²) < 4.78 is 7.50. The molecule has 0 aromatic carbocycles. The lowest BCUT2D eigenvalue weighted by Gasteiger charge is -2.18. The highest BCUT2D eigenvalue weighted by atomic mass is 35.5. The second-order valence-corrected chi connectivity index (χ2v) is 6.57. The number of likely N-dealkylation sites (N-methyl/N-ethyl adjacent to an activating group) is 1. The second kappa shape index (κ2) is 6.46. The van der Waals surface area contributed by atoms with Gasteiger partial charge in [-0.1, -0.05) is 18.5 Å². The Morgan fingerprint density at radius 2 is 2.05 bits per heavy atom. The molecule has 4 unspecified atom stereocenters. The molecule has 2 rings (SSSR count). The Bertz CT molecular complexity index is 515. The van der Waals surface area contributed by atoms with Gasteiger partial charge in [0.1, 0.15) is 5.69 Å². The van der Waals surface area contributed by atoms with E-state index in [0.717, 1.165) is 6.54 Å². The van der Waals surface area contributed by atoms with E-state index in [0.29, 0.717) is 17.3 Å². The molecule has 21 heavy (non-hydrogen) atoms. The zero-order valence-electron chi connectivity index (χ0n) is 13.3. The van der Waals surface area contributed by atoms with Crippen molar-refractivity contribution in [2.24, 2.45) is 11.8 Å². The number of halogens is 1. The lowest BCUT2D eigenvalue weighted by molar-refractivity contribution is 0.0488. The molecule has 1 aliphatic heterocycles. The van der Waals surface area contributed by atoms with Crippen LogP contribution in [0.15, 0.2) is 6.20 Å². The van der Waals surface area contributed by atoms with Gasteiger partial charge < -0.3 is 9.64 Å². The van der Waals surface area contributed by atoms with Gasteiger partial charge in [-0.25, -0.2) is 0 Å². The largest absolute Gasteiger partial charge is 0.374 e. The lowest BCUT2D eigenvalue weighted by atomic mass is 9.85. The summed E-state index contributed by atoms with van der Waals surface area (Å²) in [6.07, 6.45) is 1.56. The van der Waals surface area contributed by atoms with Crippen molar-refractivity contribution in [1.29, 1.82) is 0 Å². The summed E-state index contributed by atoms with van der Waals surface area (Å²) in [6, 6.07) is 0. The number of ketones is 1. The Labute approximate surface area is 131 Å². The first-order valence-corrected chi connectivity index (χ1v) is 7.76. The van der Waals surface area contributed by atoms with E-state index < -0.39 is 0 Å². The number of carbonyl (C=O) groups is 1. The average Bonchev–Trinajstić information content (AvgIpc) is 2.88. The minimum absolute atomic E-state index is 0.0422. The summed E-state index contributed by atoms with van der Waals surface area (Å²) >= 11 is 6.21. The van der Waals surface area contributed by atoms with Crippen LogP contribution >= 0.6 is 11.6 Å². The van der Waals surface area contributed by atoms with Crippen molar-refractivity contribution in [2.75, 3.05) is 20.6 Å². The Kier molecular flexibility index (Phi) is 5.07. The van der Waals surface area contributed by atoms with Crippen LogP contribution in [0.5, 0.6) is 0 Å². The van der Waals surface area contributed by atoms with Crippen LogP contribution in [0.25, 0.3) is 0 Å². The lowest BCUT2D eigenvalue weighted by Crippen LogP contribution is -2.30. The molecule has 0 spiro atoms. The molecule has 1 fully saturated rings. The molecule has 118 valence electrons. The third-order valence-corrected chi connectivity index (χ3v) is 4.61. The highest BCUT2D eigenvalue weighted by Crippen LogP contribution is 2.35. The first-order valence-electron chi connectivity index (χ1n) is 7.38. The van der Waals surface area contributed by atoms with Gasteiger partial charge in [0.15, 0.2) is 5.78 Å². The van der Waals surface area contributed by atoms with Crippen molar-refractivity contribution >= 4 is 17.4 Å². The highest BCUT2D eigenvalue weighted by Gasteiger charge is 2.43. The molecule has 6 heteroatoms. The molecule has 0 aliphatic carbocycles. The van der Waals surface area contributed by atoms with E-state index in [1.54, 1.807) is 10.9 Å². The van der Waals surface area contributed by atoms with Crippen LogP contribution in [0, 0.1) is 11.8 Å². The second-order valence-electron chi connectivity index (χ2n) is 6.16. The molecule has 1 aliphatic rings. The smallest absolute Gasteiger partial charge is 0.188 e. The van der Waals surface area contributed by atoms with Gasteiger partial charge in [0, 0.05) is 6.54 Å². The SMILES string of the molecule is CC1OC(C)C(C(=O)c2c(Cl)cnn2CCN(C)C)C1C. The minimum atomic E-state index is -0.160. The maximum atomic E-state index is 12.9. The van der Waals surface area contributed by atoms with Crippen molar-refractivity contribution in [3.63, 3.8) is 0 Å². The monoisotopic (exact) mass is 313 g/mol. The summed E-state index contributed by atoms with van der Waals surface area (Å²) in [6.45, 7) is 7.48. The van der Waals surface area contributed by atoms with Crippen LogP contribution in [0.2, 0.25) is 5.02 Å². The molecule has 0 radical (unpaired) electrons. The van der Waals surface area contributed by atoms with Gasteiger partial charge in [-0.15, -0.1) is 0 Å². The summed E-state index contributed by atoms with van der Waals surface area (Å²) in [5, 5.41) is 4.67. The molecule has 1 saturated heterocycles. The number of nitrogens with zero attached hydrogens (tertiary/aromatic N) is 3. The van der Waals surface area contributed by atoms with E-state index in [1.807, 2.05) is 27.9 Å². The fourth-order valence-corrected chi connectivity index (χ4v) is 3.18. The average molecular weight is 314 g/mol. The van der Waals surface area contributed by atoms with Gasteiger partial charge in [-0.05, 0) is 33.9 Å². The maximum Gasteiger partial charge on any atom is 0.188 e. The molecule has 0 saturated carbocycles. The molecule has 1 aromatic rings. The predicted molar refractivity (Wildman–Crippen MR) is 82.8 cm³/mol. The van der Waals surface area contributed by atoms with Crippen molar-refractivity contribution < 1.29 is 9.53 Å². The number of aromatic nitrogens is 2. The van der Waals surface area contributed by atoms with Crippen LogP contribution in [-0.2, 0) is 11.3 Å². The Hall–Kier alpha value is -0.910. The number of ether oxygens (including phenoxy) is 1. The normalized spacial score (nSPS) is 29.3. The van der Waals surface area contributed by atoms with Crippen molar-refractivity contribution in [1.82, 2.24) is 14.7 Å². The van der Waals surface area contributed by atoms with E-state index in [2.05, 4.69) is 16.9 Å². The van der Waals surface area contributed by atoms with Crippen molar-refractivity contribution in [3.8, 4) is 0 Å². The fraction of sp³-hybridized carbons (Fsp3) is 0.733. The molecule has 4 atom stereocenters. The van der Waals surface area contributed by atoms with E-state index in [9.17, 15) is 4.79 Å². The first-order chi connectivity index (χ1) is 9.82. The zero-order valence-corrected chi connectivity index (χ0v) is 14.1. The molecular weight excluding hydrogens is 290 g/mol. The Balaban J connectivity index is 2.25. The van der Waals surface area contributed by atoms with Crippen LogP contribution in [0.1, 0.15) is 31.3 Å². The van der Waals surface area contributed by atoms with Crippen LogP contribution in [0.4, 0.5) is 0 Å². The highest BCUT2D eigenvalue weighted by molar-refractivity contribution is 6.33. The van der Waals surface area contributed by atoms with E-state index in [-0.39, 0.29) is 29.8 Å². The van der Waals surface area contributed by atoms with Gasteiger partial charge >= 0.3 is 0 Å². The number of hydrogen-bond acceptors (Lipinski definition) is 4. The van der Waals surface area contributed by atoms with E-state index >= 15 is 0 Å². The van der Waals surface area contributed by atoms with Gasteiger partial charge in [0.25, 0.3) is 0 Å².